The standard InChI is InChI=1S/C15H24F2N2/c1-3-9-18-10-8-13-6-4-5-7-14(13)11-19(2)12-15(16)17/h4-7,15,18H,3,8-12H2,1-2H3. The topological polar surface area (TPSA) is 15.3 Å². The molecule has 0 amide bonds. The van der Waals surface area contributed by atoms with Crippen molar-refractivity contribution in [2.45, 2.75) is 32.7 Å². The number of nitrogens with zero attached hydrogens (tertiary/aromatic N) is 1. The Labute approximate surface area is 114 Å². The van der Waals surface area contributed by atoms with Gasteiger partial charge in [-0.1, -0.05) is 31.2 Å². The van der Waals surface area contributed by atoms with Crippen molar-refractivity contribution in [3.63, 3.8) is 0 Å². The van der Waals surface area contributed by atoms with E-state index in [1.54, 1.807) is 11.9 Å². The molecule has 1 aromatic rings. The Balaban J connectivity index is 2.52. The Morgan fingerprint density at radius 1 is 1.16 bits per heavy atom. The lowest BCUT2D eigenvalue weighted by Gasteiger charge is -2.18. The molecule has 0 heterocycles. The summed E-state index contributed by atoms with van der Waals surface area (Å²) in [6.45, 7) is 4.49. The van der Waals surface area contributed by atoms with Crippen molar-refractivity contribution in [3.05, 3.63) is 35.4 Å². The number of hydrogen-bond acceptors (Lipinski definition) is 2. The van der Waals surface area contributed by atoms with Gasteiger partial charge in [0.25, 0.3) is 6.43 Å². The van der Waals surface area contributed by atoms with Crippen molar-refractivity contribution >= 4 is 0 Å². The zero-order chi connectivity index (χ0) is 14.1. The molecule has 0 fully saturated rings. The van der Waals surface area contributed by atoms with Crippen LogP contribution in [0, 0.1) is 0 Å². The quantitative estimate of drug-likeness (QED) is 0.694. The molecule has 0 aliphatic carbocycles. The molecular weight excluding hydrogens is 246 g/mol. The summed E-state index contributed by atoms with van der Waals surface area (Å²) in [5, 5.41) is 3.36. The number of benzene rings is 1. The highest BCUT2D eigenvalue weighted by Gasteiger charge is 2.10. The van der Waals surface area contributed by atoms with Crippen molar-refractivity contribution in [1.82, 2.24) is 10.2 Å². The third-order valence-corrected chi connectivity index (χ3v) is 3.01. The largest absolute Gasteiger partial charge is 0.316 e. The third-order valence-electron chi connectivity index (χ3n) is 3.01. The molecule has 0 saturated heterocycles. The van der Waals surface area contributed by atoms with Crippen LogP contribution in [0.1, 0.15) is 24.5 Å². The first-order chi connectivity index (χ1) is 9.13. The van der Waals surface area contributed by atoms with Crippen LogP contribution in [-0.2, 0) is 13.0 Å². The van der Waals surface area contributed by atoms with Crippen molar-refractivity contribution < 1.29 is 8.78 Å². The Kier molecular flexibility index (Phi) is 7.60. The lowest BCUT2D eigenvalue weighted by Crippen LogP contribution is -2.25. The van der Waals surface area contributed by atoms with Crippen LogP contribution in [0.25, 0.3) is 0 Å². The molecule has 0 aromatic heterocycles. The SMILES string of the molecule is CCCNCCc1ccccc1CN(C)CC(F)F. The van der Waals surface area contributed by atoms with E-state index in [1.807, 2.05) is 18.2 Å². The van der Waals surface area contributed by atoms with Gasteiger partial charge in [-0.2, -0.15) is 0 Å². The first-order valence-corrected chi connectivity index (χ1v) is 6.87. The fraction of sp³-hybridized carbons (Fsp3) is 0.600. The van der Waals surface area contributed by atoms with Crippen LogP contribution < -0.4 is 5.32 Å². The normalized spacial score (nSPS) is 11.5. The molecule has 0 atom stereocenters. The number of nitrogens with one attached hydrogen (secondary N) is 1. The number of hydrogen-bond donors (Lipinski definition) is 1. The van der Waals surface area contributed by atoms with Gasteiger partial charge >= 0.3 is 0 Å². The van der Waals surface area contributed by atoms with E-state index in [9.17, 15) is 8.78 Å². The minimum atomic E-state index is -2.27. The highest BCUT2D eigenvalue weighted by molar-refractivity contribution is 5.27. The fourth-order valence-electron chi connectivity index (χ4n) is 2.07. The van der Waals surface area contributed by atoms with Gasteiger partial charge in [0, 0.05) is 6.54 Å². The first-order valence-electron chi connectivity index (χ1n) is 6.87. The molecule has 19 heavy (non-hydrogen) atoms. The monoisotopic (exact) mass is 270 g/mol. The molecule has 0 aliphatic rings. The molecule has 2 nitrogen and oxygen atoms in total. The number of alkyl halides is 2. The summed E-state index contributed by atoms with van der Waals surface area (Å²) < 4.78 is 24.6. The molecular formula is C15H24F2N2. The van der Waals surface area contributed by atoms with Crippen LogP contribution in [-0.4, -0.2) is 38.0 Å². The van der Waals surface area contributed by atoms with Crippen molar-refractivity contribution in [2.75, 3.05) is 26.7 Å². The van der Waals surface area contributed by atoms with Gasteiger partial charge in [-0.15, -0.1) is 0 Å². The predicted octanol–water partition coefficient (Wildman–Crippen LogP) is 2.93. The van der Waals surface area contributed by atoms with Gasteiger partial charge in [-0.25, -0.2) is 8.78 Å². The Bertz CT molecular complexity index is 356. The van der Waals surface area contributed by atoms with Crippen molar-refractivity contribution in [3.8, 4) is 0 Å². The van der Waals surface area contributed by atoms with Gasteiger partial charge in [0.1, 0.15) is 0 Å². The lowest BCUT2D eigenvalue weighted by molar-refractivity contribution is 0.0974. The second-order valence-corrected chi connectivity index (χ2v) is 4.86. The van der Waals surface area contributed by atoms with E-state index in [0.717, 1.165) is 31.5 Å². The first kappa shape index (κ1) is 16.1. The molecule has 0 unspecified atom stereocenters. The summed E-state index contributed by atoms with van der Waals surface area (Å²) in [5.41, 5.74) is 2.39. The average molecular weight is 270 g/mol. The van der Waals surface area contributed by atoms with Crippen LogP contribution in [0.3, 0.4) is 0 Å². The van der Waals surface area contributed by atoms with E-state index < -0.39 is 6.43 Å². The van der Waals surface area contributed by atoms with Crippen molar-refractivity contribution in [1.29, 1.82) is 0 Å². The second-order valence-electron chi connectivity index (χ2n) is 4.86. The van der Waals surface area contributed by atoms with Gasteiger partial charge in [0.2, 0.25) is 0 Å². The van der Waals surface area contributed by atoms with Crippen LogP contribution >= 0.6 is 0 Å². The van der Waals surface area contributed by atoms with Gasteiger partial charge in [0.05, 0.1) is 6.54 Å². The molecule has 0 spiro atoms. The Morgan fingerprint density at radius 3 is 2.47 bits per heavy atom. The molecule has 1 aromatic carbocycles. The summed E-state index contributed by atoms with van der Waals surface area (Å²) in [6.07, 6.45) is -0.208. The predicted molar refractivity (Wildman–Crippen MR) is 75.6 cm³/mol. The van der Waals surface area contributed by atoms with Gasteiger partial charge < -0.3 is 5.32 Å². The summed E-state index contributed by atoms with van der Waals surface area (Å²) in [5.74, 6) is 0. The van der Waals surface area contributed by atoms with E-state index in [-0.39, 0.29) is 6.54 Å². The molecule has 1 N–H and O–H groups in total. The number of rotatable bonds is 9. The maximum absolute atomic E-state index is 12.3. The molecule has 0 radical (unpaired) electrons. The van der Waals surface area contributed by atoms with E-state index in [2.05, 4.69) is 18.3 Å². The molecule has 0 bridgehead atoms. The zero-order valence-corrected chi connectivity index (χ0v) is 11.8. The van der Waals surface area contributed by atoms with Crippen LogP contribution in [0.15, 0.2) is 24.3 Å². The van der Waals surface area contributed by atoms with E-state index in [0.29, 0.717) is 6.54 Å². The Hall–Kier alpha value is -1.00. The third kappa shape index (κ3) is 6.64. The molecule has 4 heteroatoms. The fourth-order valence-corrected chi connectivity index (χ4v) is 2.07. The van der Waals surface area contributed by atoms with Crippen LogP contribution in [0.4, 0.5) is 8.78 Å². The highest BCUT2D eigenvalue weighted by Crippen LogP contribution is 2.12. The zero-order valence-electron chi connectivity index (χ0n) is 11.8. The maximum Gasteiger partial charge on any atom is 0.251 e. The smallest absolute Gasteiger partial charge is 0.251 e. The maximum atomic E-state index is 12.3. The minimum absolute atomic E-state index is 0.178. The van der Waals surface area contributed by atoms with Gasteiger partial charge in [-0.3, -0.25) is 4.90 Å². The summed E-state index contributed by atoms with van der Waals surface area (Å²) in [6, 6.07) is 8.08. The van der Waals surface area contributed by atoms with Crippen LogP contribution in [0.2, 0.25) is 0 Å². The molecule has 108 valence electrons. The summed E-state index contributed by atoms with van der Waals surface area (Å²) in [7, 11) is 1.73. The van der Waals surface area contributed by atoms with Crippen molar-refractivity contribution in [2.24, 2.45) is 0 Å². The highest BCUT2D eigenvalue weighted by atomic mass is 19.3. The second kappa shape index (κ2) is 8.99. The summed E-state index contributed by atoms with van der Waals surface area (Å²) >= 11 is 0. The summed E-state index contributed by atoms with van der Waals surface area (Å²) in [4.78, 5) is 1.67. The molecule has 0 saturated carbocycles. The van der Waals surface area contributed by atoms with Crippen LogP contribution in [0.5, 0.6) is 0 Å². The van der Waals surface area contributed by atoms with Gasteiger partial charge in [0.15, 0.2) is 0 Å². The molecule has 0 aliphatic heterocycles. The Morgan fingerprint density at radius 2 is 1.84 bits per heavy atom. The van der Waals surface area contributed by atoms with E-state index in [4.69, 9.17) is 0 Å². The average Bonchev–Trinajstić information content (AvgIpc) is 2.35. The molecule has 1 rings (SSSR count). The van der Waals surface area contributed by atoms with Gasteiger partial charge in [-0.05, 0) is 44.1 Å². The van der Waals surface area contributed by atoms with E-state index >= 15 is 0 Å². The lowest BCUT2D eigenvalue weighted by atomic mass is 10.0. The minimum Gasteiger partial charge on any atom is -0.316 e. The number of halogens is 2. The van der Waals surface area contributed by atoms with E-state index in [1.165, 1.54) is 5.56 Å².